The monoisotopic (exact) mass is 382 g/mol. The van der Waals surface area contributed by atoms with Crippen LogP contribution in [0.4, 0.5) is 5.69 Å². The number of carbonyl (C=O) groups excluding carboxylic acids is 2. The summed E-state index contributed by atoms with van der Waals surface area (Å²) in [6.45, 7) is 3.17. The summed E-state index contributed by atoms with van der Waals surface area (Å²) >= 11 is 0. The smallest absolute Gasteiger partial charge is 0.246 e. The fourth-order valence-corrected chi connectivity index (χ4v) is 3.38. The normalized spacial score (nSPS) is 16.5. The minimum absolute atomic E-state index is 0.0347. The lowest BCUT2D eigenvalue weighted by Gasteiger charge is -2.30. The number of nitrogens with zero attached hydrogens (tertiary/aromatic N) is 1. The Bertz CT molecular complexity index is 909. The Balaban J connectivity index is 1.28. The number of anilines is 1. The van der Waals surface area contributed by atoms with Gasteiger partial charge in [0.1, 0.15) is 11.5 Å². The summed E-state index contributed by atoms with van der Waals surface area (Å²) in [5, 5.41) is 2.93. The molecule has 0 spiro atoms. The maximum atomic E-state index is 12.5. The number of ether oxygens (including phenoxy) is 2. The van der Waals surface area contributed by atoms with Gasteiger partial charge in [0.2, 0.25) is 18.6 Å². The summed E-state index contributed by atoms with van der Waals surface area (Å²) in [6.07, 6.45) is 4.46. The Hall–Kier alpha value is -3.22. The van der Waals surface area contributed by atoms with Gasteiger partial charge in [-0.3, -0.25) is 9.59 Å². The average molecular weight is 382 g/mol. The quantitative estimate of drug-likeness (QED) is 0.822. The number of rotatable bonds is 4. The van der Waals surface area contributed by atoms with Crippen LogP contribution >= 0.6 is 0 Å². The van der Waals surface area contributed by atoms with E-state index >= 15 is 0 Å². The summed E-state index contributed by atoms with van der Waals surface area (Å²) < 4.78 is 16.0. The third-order valence-electron chi connectivity index (χ3n) is 4.97. The molecule has 0 radical (unpaired) electrons. The molecule has 2 aliphatic rings. The van der Waals surface area contributed by atoms with Gasteiger partial charge in [-0.2, -0.15) is 0 Å². The second-order valence-electron chi connectivity index (χ2n) is 6.94. The van der Waals surface area contributed by atoms with Gasteiger partial charge >= 0.3 is 0 Å². The fourth-order valence-electron chi connectivity index (χ4n) is 3.38. The minimum atomic E-state index is -0.119. The van der Waals surface area contributed by atoms with E-state index in [9.17, 15) is 9.59 Å². The van der Waals surface area contributed by atoms with Crippen molar-refractivity contribution < 1.29 is 23.5 Å². The Kier molecular flexibility index (Phi) is 5.06. The maximum Gasteiger partial charge on any atom is 0.246 e. The number of hydrogen-bond donors (Lipinski definition) is 1. The number of piperidine rings is 1. The minimum Gasteiger partial charge on any atom is -0.462 e. The largest absolute Gasteiger partial charge is 0.462 e. The number of likely N-dealkylation sites (tertiary alicyclic amines) is 1. The van der Waals surface area contributed by atoms with Crippen molar-refractivity contribution in [2.45, 2.75) is 19.8 Å². The molecule has 28 heavy (non-hydrogen) atoms. The highest BCUT2D eigenvalue weighted by Crippen LogP contribution is 2.34. The first kappa shape index (κ1) is 18.2. The second-order valence-corrected chi connectivity index (χ2v) is 6.94. The summed E-state index contributed by atoms with van der Waals surface area (Å²) in [4.78, 5) is 26.6. The Labute approximate surface area is 162 Å². The van der Waals surface area contributed by atoms with Crippen molar-refractivity contribution in [1.82, 2.24) is 4.90 Å². The first-order valence-electron chi connectivity index (χ1n) is 9.32. The van der Waals surface area contributed by atoms with Gasteiger partial charge in [-0.25, -0.2) is 0 Å². The molecule has 1 aromatic heterocycles. The van der Waals surface area contributed by atoms with E-state index in [1.165, 1.54) is 6.08 Å². The molecule has 0 bridgehead atoms. The molecule has 7 nitrogen and oxygen atoms in total. The first-order valence-corrected chi connectivity index (χ1v) is 9.32. The number of fused-ring (bicyclic) bond motifs is 1. The fraction of sp³-hybridized carbons (Fsp3) is 0.333. The van der Waals surface area contributed by atoms with Crippen LogP contribution in [-0.4, -0.2) is 36.6 Å². The molecular weight excluding hydrogens is 360 g/mol. The molecule has 7 heteroatoms. The van der Waals surface area contributed by atoms with Crippen LogP contribution in [-0.2, 0) is 9.59 Å². The highest BCUT2D eigenvalue weighted by atomic mass is 16.7. The van der Waals surface area contributed by atoms with Gasteiger partial charge in [0.15, 0.2) is 11.5 Å². The van der Waals surface area contributed by atoms with E-state index in [-0.39, 0.29) is 24.5 Å². The SMILES string of the molecule is Cc1ccc(C=CC(=O)N2CCC(C(=O)Nc3ccc4c(c3)OCO4)CC2)o1. The number of benzene rings is 1. The van der Waals surface area contributed by atoms with Gasteiger partial charge in [-0.15, -0.1) is 0 Å². The number of furan rings is 1. The third-order valence-corrected chi connectivity index (χ3v) is 4.97. The molecule has 0 saturated carbocycles. The summed E-state index contributed by atoms with van der Waals surface area (Å²) in [7, 11) is 0. The van der Waals surface area contributed by atoms with E-state index in [4.69, 9.17) is 13.9 Å². The summed E-state index contributed by atoms with van der Waals surface area (Å²) in [5.74, 6) is 2.56. The molecular formula is C21H22N2O5. The van der Waals surface area contributed by atoms with Crippen molar-refractivity contribution in [1.29, 1.82) is 0 Å². The van der Waals surface area contributed by atoms with E-state index in [1.54, 1.807) is 29.2 Å². The molecule has 1 N–H and O–H groups in total. The van der Waals surface area contributed by atoms with Crippen molar-refractivity contribution in [3.05, 3.63) is 47.9 Å². The average Bonchev–Trinajstić information content (AvgIpc) is 3.34. The molecule has 4 rings (SSSR count). The number of carbonyl (C=O) groups is 2. The summed E-state index contributed by atoms with van der Waals surface area (Å²) in [6, 6.07) is 9.03. The Morgan fingerprint density at radius 1 is 1.11 bits per heavy atom. The number of amides is 2. The molecule has 3 heterocycles. The molecule has 1 saturated heterocycles. The van der Waals surface area contributed by atoms with Crippen LogP contribution in [0, 0.1) is 12.8 Å². The van der Waals surface area contributed by atoms with Gasteiger partial charge in [0.25, 0.3) is 0 Å². The van der Waals surface area contributed by atoms with E-state index in [0.29, 0.717) is 48.9 Å². The number of hydrogen-bond acceptors (Lipinski definition) is 5. The van der Waals surface area contributed by atoms with Crippen LogP contribution < -0.4 is 14.8 Å². The predicted molar refractivity (Wildman–Crippen MR) is 103 cm³/mol. The topological polar surface area (TPSA) is 81.0 Å². The van der Waals surface area contributed by atoms with Crippen molar-refractivity contribution in [3.63, 3.8) is 0 Å². The van der Waals surface area contributed by atoms with E-state index in [2.05, 4.69) is 5.32 Å². The molecule has 0 atom stereocenters. The molecule has 2 amide bonds. The van der Waals surface area contributed by atoms with E-state index in [0.717, 1.165) is 5.76 Å². The molecule has 1 fully saturated rings. The molecule has 2 aliphatic heterocycles. The molecule has 2 aromatic rings. The van der Waals surface area contributed by atoms with Crippen LogP contribution in [0.3, 0.4) is 0 Å². The molecule has 0 aliphatic carbocycles. The summed E-state index contributed by atoms with van der Waals surface area (Å²) in [5.41, 5.74) is 0.685. The molecule has 1 aromatic carbocycles. The van der Waals surface area contributed by atoms with Crippen molar-refractivity contribution >= 4 is 23.6 Å². The predicted octanol–water partition coefficient (Wildman–Crippen LogP) is 3.21. The van der Waals surface area contributed by atoms with E-state index < -0.39 is 0 Å². The standard InChI is InChI=1S/C21H22N2O5/c1-14-2-4-17(28-14)5-7-20(24)23-10-8-15(9-11-23)21(25)22-16-3-6-18-19(12-16)27-13-26-18/h2-7,12,15H,8-11,13H2,1H3,(H,22,25). The Morgan fingerprint density at radius 2 is 1.89 bits per heavy atom. The lowest BCUT2D eigenvalue weighted by molar-refractivity contribution is -0.130. The molecule has 0 unspecified atom stereocenters. The van der Waals surface area contributed by atoms with Gasteiger partial charge in [0, 0.05) is 36.8 Å². The number of nitrogens with one attached hydrogen (secondary N) is 1. The van der Waals surface area contributed by atoms with Gasteiger partial charge in [-0.1, -0.05) is 0 Å². The molecule has 146 valence electrons. The van der Waals surface area contributed by atoms with E-state index in [1.807, 2.05) is 19.1 Å². The van der Waals surface area contributed by atoms with Gasteiger partial charge in [-0.05, 0) is 50.1 Å². The van der Waals surface area contributed by atoms with Crippen LogP contribution in [0.5, 0.6) is 11.5 Å². The zero-order chi connectivity index (χ0) is 19.5. The van der Waals surface area contributed by atoms with Crippen LogP contribution in [0.1, 0.15) is 24.4 Å². The van der Waals surface area contributed by atoms with Crippen LogP contribution in [0.25, 0.3) is 6.08 Å². The van der Waals surface area contributed by atoms with Gasteiger partial charge in [0.05, 0.1) is 0 Å². The van der Waals surface area contributed by atoms with Crippen molar-refractivity contribution in [2.24, 2.45) is 5.92 Å². The lowest BCUT2D eigenvalue weighted by atomic mass is 9.95. The lowest BCUT2D eigenvalue weighted by Crippen LogP contribution is -2.40. The zero-order valence-corrected chi connectivity index (χ0v) is 15.6. The zero-order valence-electron chi connectivity index (χ0n) is 15.6. The first-order chi connectivity index (χ1) is 13.6. The van der Waals surface area contributed by atoms with Crippen LogP contribution in [0.15, 0.2) is 40.8 Å². The van der Waals surface area contributed by atoms with Crippen LogP contribution in [0.2, 0.25) is 0 Å². The second kappa shape index (κ2) is 7.80. The number of aryl methyl sites for hydroxylation is 1. The van der Waals surface area contributed by atoms with Crippen molar-refractivity contribution in [3.8, 4) is 11.5 Å². The highest BCUT2D eigenvalue weighted by Gasteiger charge is 2.27. The maximum absolute atomic E-state index is 12.5. The van der Waals surface area contributed by atoms with Crippen molar-refractivity contribution in [2.75, 3.05) is 25.2 Å². The highest BCUT2D eigenvalue weighted by molar-refractivity contribution is 5.94. The Morgan fingerprint density at radius 3 is 2.64 bits per heavy atom. The third kappa shape index (κ3) is 4.03. The van der Waals surface area contributed by atoms with Gasteiger partial charge < -0.3 is 24.1 Å².